The molecule has 43 heavy (non-hydrogen) atoms. The van der Waals surface area contributed by atoms with Gasteiger partial charge in [-0.15, -0.1) is 0 Å². The van der Waals surface area contributed by atoms with Crippen LogP contribution in [0.15, 0.2) is 150 Å². The van der Waals surface area contributed by atoms with Crippen LogP contribution >= 0.6 is 0 Å². The lowest BCUT2D eigenvalue weighted by Crippen LogP contribution is -2.38. The molecule has 0 fully saturated rings. The summed E-state index contributed by atoms with van der Waals surface area (Å²) < 4.78 is 0. The number of rotatable bonds is 4. The van der Waals surface area contributed by atoms with Gasteiger partial charge in [0.15, 0.2) is 0 Å². The van der Waals surface area contributed by atoms with E-state index in [1.807, 2.05) is 0 Å². The molecule has 0 amide bonds. The quantitative estimate of drug-likeness (QED) is 0.202. The average molecular weight is 555 g/mol. The van der Waals surface area contributed by atoms with Crippen LogP contribution in [0.2, 0.25) is 0 Å². The molecule has 0 saturated heterocycles. The molecule has 2 aliphatic carbocycles. The molecule has 0 N–H and O–H groups in total. The van der Waals surface area contributed by atoms with Crippen molar-refractivity contribution in [3.05, 3.63) is 151 Å². The summed E-state index contributed by atoms with van der Waals surface area (Å²) in [6, 6.07) is 38.1. The third-order valence-electron chi connectivity index (χ3n) is 9.23. The summed E-state index contributed by atoms with van der Waals surface area (Å²) in [5, 5.41) is 5.14. The Bertz CT molecular complexity index is 1970. The Balaban J connectivity index is 1.21. The van der Waals surface area contributed by atoms with Crippen LogP contribution in [0.5, 0.6) is 0 Å². The summed E-state index contributed by atoms with van der Waals surface area (Å²) >= 11 is 0. The molecular weight excluding hydrogens is 520 g/mol. The largest absolute Gasteiger partial charge is 0.325 e. The van der Waals surface area contributed by atoms with Gasteiger partial charge >= 0.3 is 0 Å². The first-order chi connectivity index (χ1) is 21.2. The van der Waals surface area contributed by atoms with E-state index in [9.17, 15) is 0 Å². The lowest BCUT2D eigenvalue weighted by atomic mass is 9.85. The second kappa shape index (κ2) is 10.4. The fourth-order valence-corrected chi connectivity index (χ4v) is 7.27. The van der Waals surface area contributed by atoms with Gasteiger partial charge in [-0.05, 0) is 80.3 Å². The van der Waals surface area contributed by atoms with E-state index in [0.29, 0.717) is 5.92 Å². The zero-order chi connectivity index (χ0) is 28.9. The molecule has 0 saturated carbocycles. The van der Waals surface area contributed by atoms with Crippen LogP contribution in [-0.4, -0.2) is 22.8 Å². The molecule has 2 nitrogen and oxygen atoms in total. The van der Waals surface area contributed by atoms with Gasteiger partial charge < -0.3 is 4.90 Å². The summed E-state index contributed by atoms with van der Waals surface area (Å²) in [4.78, 5) is 7.46. The number of amidine groups is 1. The maximum absolute atomic E-state index is 5.01. The molecule has 0 spiro atoms. The minimum absolute atomic E-state index is 0.172. The van der Waals surface area contributed by atoms with E-state index in [-0.39, 0.29) is 12.1 Å². The Morgan fingerprint density at radius 3 is 1.81 bits per heavy atom. The van der Waals surface area contributed by atoms with E-state index in [0.717, 1.165) is 12.3 Å². The van der Waals surface area contributed by atoms with E-state index in [1.165, 1.54) is 60.6 Å². The van der Waals surface area contributed by atoms with Crippen molar-refractivity contribution < 1.29 is 0 Å². The highest BCUT2D eigenvalue weighted by Gasteiger charge is 2.35. The fourth-order valence-electron chi connectivity index (χ4n) is 7.27. The molecule has 1 heterocycles. The summed E-state index contributed by atoms with van der Waals surface area (Å²) in [5.41, 5.74) is 8.95. The van der Waals surface area contributed by atoms with Crippen molar-refractivity contribution in [1.82, 2.24) is 4.90 Å². The van der Waals surface area contributed by atoms with E-state index >= 15 is 0 Å². The van der Waals surface area contributed by atoms with Crippen molar-refractivity contribution >= 4 is 33.0 Å². The van der Waals surface area contributed by atoms with Crippen molar-refractivity contribution in [2.24, 2.45) is 10.9 Å². The van der Waals surface area contributed by atoms with Crippen LogP contribution in [0, 0.1) is 5.92 Å². The maximum Gasteiger partial charge on any atom is 0.101 e. The fraction of sp³-hybridized carbons (Fsp3) is 0.146. The third-order valence-corrected chi connectivity index (χ3v) is 9.23. The molecule has 208 valence electrons. The smallest absolute Gasteiger partial charge is 0.101 e. The number of nitrogens with zero attached hydrogens (tertiary/aromatic N) is 2. The topological polar surface area (TPSA) is 15.6 Å². The van der Waals surface area contributed by atoms with Gasteiger partial charge in [0.1, 0.15) is 5.84 Å². The van der Waals surface area contributed by atoms with E-state index in [2.05, 4.69) is 158 Å². The lowest BCUT2D eigenvalue weighted by Gasteiger charge is -2.33. The van der Waals surface area contributed by atoms with E-state index in [4.69, 9.17) is 4.99 Å². The Labute approximate surface area is 253 Å². The van der Waals surface area contributed by atoms with Gasteiger partial charge in [0, 0.05) is 5.70 Å². The van der Waals surface area contributed by atoms with Gasteiger partial charge in [-0.3, -0.25) is 4.99 Å². The third kappa shape index (κ3) is 4.37. The average Bonchev–Trinajstić information content (AvgIpc) is 3.39. The molecule has 3 atom stereocenters. The summed E-state index contributed by atoms with van der Waals surface area (Å²) in [6.45, 7) is 4.44. The van der Waals surface area contributed by atoms with Crippen molar-refractivity contribution in [3.63, 3.8) is 0 Å². The summed E-state index contributed by atoms with van der Waals surface area (Å²) in [5.74, 6) is 1.66. The maximum atomic E-state index is 5.01. The Morgan fingerprint density at radius 2 is 1.21 bits per heavy atom. The molecular formula is C41H34N2. The first kappa shape index (κ1) is 25.7. The molecule has 3 unspecified atom stereocenters. The summed E-state index contributed by atoms with van der Waals surface area (Å²) in [7, 11) is 0. The highest BCUT2D eigenvalue weighted by atomic mass is 15.3. The van der Waals surface area contributed by atoms with Crippen molar-refractivity contribution in [2.75, 3.05) is 0 Å². The Hall–Kier alpha value is -4.95. The van der Waals surface area contributed by atoms with Crippen molar-refractivity contribution in [2.45, 2.75) is 32.4 Å². The zero-order valence-corrected chi connectivity index (χ0v) is 24.6. The van der Waals surface area contributed by atoms with Crippen molar-refractivity contribution in [3.8, 4) is 22.3 Å². The number of allylic oxidation sites excluding steroid dienone is 6. The molecule has 5 aromatic rings. The molecule has 0 bridgehead atoms. The number of fused-ring (bicyclic) bond motifs is 3. The number of aliphatic imine (C=N–C) groups is 1. The monoisotopic (exact) mass is 554 g/mol. The standard InChI is InChI=1S/C41H34N2/c1-27-11-10-14-33(25-27)43-28(2)42-38-24-23-32(26-39(38)43)29-19-21-31(22-20-29)41-36-17-8-6-15-34(36)40(30-12-4-3-5-13-30)35-16-7-9-18-37(35)41/h3-24,26-27,38-39H,25H2,1-2H3. The SMILES string of the molecule is CC1=NC2C=CC(c3ccc(-c4c5ccccc5c(-c5ccccc5)c5ccccc45)cc3)=CC2N1C1=CC=CC(C)C1. The predicted molar refractivity (Wildman–Crippen MR) is 183 cm³/mol. The molecule has 8 rings (SSSR count). The first-order valence-corrected chi connectivity index (χ1v) is 15.4. The van der Waals surface area contributed by atoms with Gasteiger partial charge in [-0.2, -0.15) is 0 Å². The normalized spacial score (nSPS) is 21.1. The van der Waals surface area contributed by atoms with E-state index in [1.54, 1.807) is 0 Å². The lowest BCUT2D eigenvalue weighted by molar-refractivity contribution is 0.413. The van der Waals surface area contributed by atoms with Gasteiger partial charge in [0.2, 0.25) is 0 Å². The molecule has 0 aromatic heterocycles. The number of benzene rings is 5. The molecule has 3 aliphatic rings. The van der Waals surface area contributed by atoms with Crippen LogP contribution in [0.3, 0.4) is 0 Å². The van der Waals surface area contributed by atoms with Gasteiger partial charge in [-0.1, -0.05) is 140 Å². The first-order valence-electron chi connectivity index (χ1n) is 15.4. The van der Waals surface area contributed by atoms with Crippen LogP contribution < -0.4 is 0 Å². The number of hydrogen-bond donors (Lipinski definition) is 0. The Morgan fingerprint density at radius 1 is 0.651 bits per heavy atom. The second-order valence-electron chi connectivity index (χ2n) is 12.0. The van der Waals surface area contributed by atoms with E-state index < -0.39 is 0 Å². The molecule has 2 heteroatoms. The highest BCUT2D eigenvalue weighted by Crippen LogP contribution is 2.44. The van der Waals surface area contributed by atoms with Gasteiger partial charge in [0.05, 0.1) is 12.1 Å². The van der Waals surface area contributed by atoms with Crippen LogP contribution in [-0.2, 0) is 0 Å². The second-order valence-corrected chi connectivity index (χ2v) is 12.0. The van der Waals surface area contributed by atoms with Gasteiger partial charge in [-0.25, -0.2) is 0 Å². The molecule has 5 aromatic carbocycles. The van der Waals surface area contributed by atoms with Crippen LogP contribution in [0.1, 0.15) is 25.8 Å². The number of hydrogen-bond acceptors (Lipinski definition) is 2. The molecule has 0 radical (unpaired) electrons. The summed E-state index contributed by atoms with van der Waals surface area (Å²) in [6.07, 6.45) is 14.8. The van der Waals surface area contributed by atoms with Crippen molar-refractivity contribution in [1.29, 1.82) is 0 Å². The zero-order valence-electron chi connectivity index (χ0n) is 24.6. The van der Waals surface area contributed by atoms with Gasteiger partial charge in [0.25, 0.3) is 0 Å². The van der Waals surface area contributed by atoms with Crippen LogP contribution in [0.4, 0.5) is 0 Å². The highest BCUT2D eigenvalue weighted by molar-refractivity contribution is 6.21. The predicted octanol–water partition coefficient (Wildman–Crippen LogP) is 10.2. The molecule has 1 aliphatic heterocycles. The minimum atomic E-state index is 0.172. The van der Waals surface area contributed by atoms with Crippen LogP contribution in [0.25, 0.3) is 49.4 Å². The Kier molecular flexibility index (Phi) is 6.22. The minimum Gasteiger partial charge on any atom is -0.325 e.